The summed E-state index contributed by atoms with van der Waals surface area (Å²) in [5.74, 6) is -1.66. The molecule has 49 heavy (non-hydrogen) atoms. The topological polar surface area (TPSA) is 92.7 Å². The van der Waals surface area contributed by atoms with Gasteiger partial charge in [-0.2, -0.15) is 0 Å². The summed E-state index contributed by atoms with van der Waals surface area (Å²) in [6.45, 7) is 4.87. The van der Waals surface area contributed by atoms with E-state index >= 15 is 0 Å². The fourth-order valence-corrected chi connectivity index (χ4v) is 6.72. The average Bonchev–Trinajstić information content (AvgIpc) is 3.09. The standard InChI is InChI=1S/C43H83NO5/c1-3-5-7-9-11-13-15-17-18-19-20-21-22-23-25-27-29-31-33-35-39-49-43(48)40(37-38-42(46)47)44-41(45)36-34-32-30-28-26-24-16-14-12-10-8-6-4-2/h40H,3-39H2,1-2H3,(H,44,45)(H,46,47)/t40-/m0/s1. The summed E-state index contributed by atoms with van der Waals surface area (Å²) in [5.41, 5.74) is 0. The van der Waals surface area contributed by atoms with Crippen molar-refractivity contribution in [2.45, 2.75) is 251 Å². The summed E-state index contributed by atoms with van der Waals surface area (Å²) in [7, 11) is 0. The first-order chi connectivity index (χ1) is 24.0. The molecule has 0 unspecified atom stereocenters. The molecule has 1 atom stereocenters. The van der Waals surface area contributed by atoms with Crippen LogP contribution in [0.3, 0.4) is 0 Å². The molecule has 6 heteroatoms. The Kier molecular flexibility index (Phi) is 37.9. The minimum atomic E-state index is -0.974. The lowest BCUT2D eigenvalue weighted by Gasteiger charge is -2.17. The summed E-state index contributed by atoms with van der Waals surface area (Å²) < 4.78 is 5.45. The first kappa shape index (κ1) is 47.4. The highest BCUT2D eigenvalue weighted by Crippen LogP contribution is 2.16. The van der Waals surface area contributed by atoms with Crippen LogP contribution in [0.5, 0.6) is 0 Å². The minimum Gasteiger partial charge on any atom is -0.481 e. The summed E-state index contributed by atoms with van der Waals surface area (Å²) >= 11 is 0. The molecule has 0 aliphatic carbocycles. The van der Waals surface area contributed by atoms with Crippen LogP contribution in [0, 0.1) is 0 Å². The highest BCUT2D eigenvalue weighted by atomic mass is 16.5. The van der Waals surface area contributed by atoms with Gasteiger partial charge in [0.15, 0.2) is 0 Å². The van der Waals surface area contributed by atoms with E-state index in [2.05, 4.69) is 19.2 Å². The molecule has 0 heterocycles. The van der Waals surface area contributed by atoms with E-state index in [1.165, 1.54) is 173 Å². The van der Waals surface area contributed by atoms with Crippen molar-refractivity contribution in [2.24, 2.45) is 0 Å². The van der Waals surface area contributed by atoms with E-state index in [1.54, 1.807) is 0 Å². The van der Waals surface area contributed by atoms with Gasteiger partial charge in [-0.3, -0.25) is 9.59 Å². The Labute approximate surface area is 304 Å². The van der Waals surface area contributed by atoms with Gasteiger partial charge in [0.1, 0.15) is 6.04 Å². The lowest BCUT2D eigenvalue weighted by Crippen LogP contribution is -2.42. The maximum absolute atomic E-state index is 12.7. The summed E-state index contributed by atoms with van der Waals surface area (Å²) in [6.07, 6.45) is 42.9. The van der Waals surface area contributed by atoms with E-state index in [9.17, 15) is 14.4 Å². The van der Waals surface area contributed by atoms with Crippen LogP contribution < -0.4 is 5.32 Å². The Bertz CT molecular complexity index is 727. The third-order valence-electron chi connectivity index (χ3n) is 10.0. The van der Waals surface area contributed by atoms with Crippen molar-refractivity contribution in [1.82, 2.24) is 5.32 Å². The van der Waals surface area contributed by atoms with Gasteiger partial charge in [-0.05, 0) is 19.3 Å². The first-order valence-corrected chi connectivity index (χ1v) is 21.7. The van der Waals surface area contributed by atoms with Gasteiger partial charge < -0.3 is 15.2 Å². The van der Waals surface area contributed by atoms with Crippen LogP contribution in [-0.2, 0) is 19.1 Å². The average molecular weight is 694 g/mol. The lowest BCUT2D eigenvalue weighted by atomic mass is 10.0. The lowest BCUT2D eigenvalue weighted by molar-refractivity contribution is -0.148. The number of rotatable bonds is 40. The highest BCUT2D eigenvalue weighted by molar-refractivity contribution is 5.84. The quantitative estimate of drug-likeness (QED) is 0.0492. The SMILES string of the molecule is CCCCCCCCCCCCCCCCCCCCCCOC(=O)[C@H](CCC(=O)O)NC(=O)CCCCCCCCCCCCCCC. The minimum absolute atomic E-state index is 0.0672. The number of amides is 1. The van der Waals surface area contributed by atoms with Gasteiger partial charge in [-0.15, -0.1) is 0 Å². The monoisotopic (exact) mass is 694 g/mol. The Morgan fingerprint density at radius 1 is 0.449 bits per heavy atom. The zero-order valence-electron chi connectivity index (χ0n) is 32.8. The number of carbonyl (C=O) groups excluding carboxylic acids is 2. The summed E-state index contributed by atoms with van der Waals surface area (Å²) in [6, 6.07) is -0.879. The molecule has 0 aliphatic heterocycles. The Morgan fingerprint density at radius 3 is 1.08 bits per heavy atom. The number of unbranched alkanes of at least 4 members (excludes halogenated alkanes) is 31. The van der Waals surface area contributed by atoms with E-state index in [4.69, 9.17) is 9.84 Å². The number of esters is 1. The fourth-order valence-electron chi connectivity index (χ4n) is 6.72. The first-order valence-electron chi connectivity index (χ1n) is 21.7. The number of hydrogen-bond acceptors (Lipinski definition) is 4. The van der Waals surface area contributed by atoms with E-state index in [1.807, 2.05) is 0 Å². The van der Waals surface area contributed by atoms with E-state index < -0.39 is 18.0 Å². The molecule has 0 saturated heterocycles. The van der Waals surface area contributed by atoms with Crippen molar-refractivity contribution in [1.29, 1.82) is 0 Å². The van der Waals surface area contributed by atoms with E-state index in [0.717, 1.165) is 38.5 Å². The Morgan fingerprint density at radius 2 is 0.755 bits per heavy atom. The van der Waals surface area contributed by atoms with Crippen molar-refractivity contribution < 1.29 is 24.2 Å². The number of carboxylic acids is 1. The van der Waals surface area contributed by atoms with Gasteiger partial charge in [0.05, 0.1) is 6.61 Å². The number of nitrogens with one attached hydrogen (secondary N) is 1. The van der Waals surface area contributed by atoms with Crippen LogP contribution in [-0.4, -0.2) is 35.6 Å². The molecule has 0 aliphatic rings. The molecule has 0 rings (SSSR count). The van der Waals surface area contributed by atoms with Crippen molar-refractivity contribution in [3.63, 3.8) is 0 Å². The van der Waals surface area contributed by atoms with Gasteiger partial charge >= 0.3 is 11.9 Å². The summed E-state index contributed by atoms with van der Waals surface area (Å²) in [5, 5.41) is 11.9. The largest absolute Gasteiger partial charge is 0.481 e. The molecule has 0 aromatic heterocycles. The van der Waals surface area contributed by atoms with Crippen LogP contribution in [0.2, 0.25) is 0 Å². The fraction of sp³-hybridized carbons (Fsp3) is 0.930. The zero-order valence-corrected chi connectivity index (χ0v) is 32.8. The predicted molar refractivity (Wildman–Crippen MR) is 208 cm³/mol. The van der Waals surface area contributed by atoms with Gasteiger partial charge in [0.25, 0.3) is 0 Å². The molecular formula is C43H83NO5. The van der Waals surface area contributed by atoms with Gasteiger partial charge in [0, 0.05) is 12.8 Å². The van der Waals surface area contributed by atoms with Crippen LogP contribution in [0.4, 0.5) is 0 Å². The molecule has 0 radical (unpaired) electrons. The molecule has 0 aromatic carbocycles. The molecule has 0 saturated carbocycles. The van der Waals surface area contributed by atoms with Crippen molar-refractivity contribution >= 4 is 17.8 Å². The van der Waals surface area contributed by atoms with Gasteiger partial charge in [0.2, 0.25) is 5.91 Å². The number of carboxylic acid groups (broad SMARTS) is 1. The van der Waals surface area contributed by atoms with Crippen LogP contribution in [0.25, 0.3) is 0 Å². The third-order valence-corrected chi connectivity index (χ3v) is 10.0. The number of carbonyl (C=O) groups is 3. The zero-order chi connectivity index (χ0) is 35.9. The van der Waals surface area contributed by atoms with Gasteiger partial charge in [-0.1, -0.05) is 213 Å². The van der Waals surface area contributed by atoms with Crippen molar-refractivity contribution in [2.75, 3.05) is 6.61 Å². The Hall–Kier alpha value is -1.59. The number of hydrogen-bond donors (Lipinski definition) is 2. The second kappa shape index (κ2) is 39.2. The highest BCUT2D eigenvalue weighted by Gasteiger charge is 2.23. The van der Waals surface area contributed by atoms with E-state index in [0.29, 0.717) is 13.0 Å². The smallest absolute Gasteiger partial charge is 0.328 e. The molecule has 0 bridgehead atoms. The van der Waals surface area contributed by atoms with Crippen LogP contribution >= 0.6 is 0 Å². The molecule has 1 amide bonds. The summed E-state index contributed by atoms with van der Waals surface area (Å²) in [4.78, 5) is 36.3. The molecule has 290 valence electrons. The predicted octanol–water partition coefficient (Wildman–Crippen LogP) is 13.2. The maximum Gasteiger partial charge on any atom is 0.328 e. The van der Waals surface area contributed by atoms with Crippen molar-refractivity contribution in [3.8, 4) is 0 Å². The molecule has 0 fully saturated rings. The molecule has 2 N–H and O–H groups in total. The number of ether oxygens (including phenoxy) is 1. The second-order valence-corrected chi connectivity index (χ2v) is 14.9. The van der Waals surface area contributed by atoms with E-state index in [-0.39, 0.29) is 18.7 Å². The second-order valence-electron chi connectivity index (χ2n) is 14.9. The van der Waals surface area contributed by atoms with Crippen LogP contribution in [0.1, 0.15) is 245 Å². The molecule has 6 nitrogen and oxygen atoms in total. The normalized spacial score (nSPS) is 11.9. The van der Waals surface area contributed by atoms with Gasteiger partial charge in [-0.25, -0.2) is 4.79 Å². The molecule has 0 spiro atoms. The van der Waals surface area contributed by atoms with Crippen molar-refractivity contribution in [3.05, 3.63) is 0 Å². The van der Waals surface area contributed by atoms with Crippen LogP contribution in [0.15, 0.2) is 0 Å². The maximum atomic E-state index is 12.7. The number of aliphatic carboxylic acids is 1. The molecular weight excluding hydrogens is 610 g/mol. The Balaban J connectivity index is 3.74. The third kappa shape index (κ3) is 37.5. The molecule has 0 aromatic rings.